The van der Waals surface area contributed by atoms with Gasteiger partial charge in [0, 0.05) is 43.4 Å². The first-order valence-electron chi connectivity index (χ1n) is 12.1. The Hall–Kier alpha value is -3.74. The molecular formula is C30H34N4O2. The van der Waals surface area contributed by atoms with Crippen LogP contribution in [0.2, 0.25) is 0 Å². The monoisotopic (exact) mass is 482 g/mol. The highest BCUT2D eigenvalue weighted by Crippen LogP contribution is 2.31. The van der Waals surface area contributed by atoms with Gasteiger partial charge in [0.05, 0.1) is 6.61 Å². The van der Waals surface area contributed by atoms with E-state index in [-0.39, 0.29) is 0 Å². The molecule has 0 saturated carbocycles. The molecule has 6 nitrogen and oxygen atoms in total. The van der Waals surface area contributed by atoms with E-state index in [9.17, 15) is 0 Å². The van der Waals surface area contributed by atoms with Crippen molar-refractivity contribution in [3.8, 4) is 34.0 Å². The van der Waals surface area contributed by atoms with E-state index < -0.39 is 0 Å². The standard InChI is InChI=1S/C30H34N4O2/c1-21-9-6-7-12-27(21)28-14-13-25(19-26(28)20-35-5)30-32-29(33-36-30)24-11-8-10-23(18-24)17-22(2)31-15-16-34(3)4/h6-14,18-19,31H,2,15-17,20H2,1,3-5H3. The molecule has 0 bridgehead atoms. The topological polar surface area (TPSA) is 63.4 Å². The van der Waals surface area contributed by atoms with Gasteiger partial charge in [-0.25, -0.2) is 0 Å². The molecule has 4 rings (SSSR count). The second kappa shape index (κ2) is 11.8. The molecule has 1 N–H and O–H groups in total. The van der Waals surface area contributed by atoms with Crippen molar-refractivity contribution in [1.29, 1.82) is 0 Å². The van der Waals surface area contributed by atoms with Gasteiger partial charge in [-0.3, -0.25) is 0 Å². The molecule has 0 amide bonds. The normalized spacial score (nSPS) is 11.1. The van der Waals surface area contributed by atoms with Crippen molar-refractivity contribution in [2.75, 3.05) is 34.3 Å². The minimum Gasteiger partial charge on any atom is -0.387 e. The summed E-state index contributed by atoms with van der Waals surface area (Å²) in [6.45, 7) is 8.60. The Bertz CT molecular complexity index is 1330. The molecule has 4 aromatic rings. The van der Waals surface area contributed by atoms with Gasteiger partial charge in [-0.05, 0) is 67.0 Å². The Morgan fingerprint density at radius 3 is 2.61 bits per heavy atom. The van der Waals surface area contributed by atoms with Crippen LogP contribution in [0.15, 0.2) is 83.5 Å². The Balaban J connectivity index is 1.54. The fraction of sp³-hybridized carbons (Fsp3) is 0.267. The van der Waals surface area contributed by atoms with Crippen molar-refractivity contribution in [2.24, 2.45) is 0 Å². The van der Waals surface area contributed by atoms with Crippen molar-refractivity contribution in [1.82, 2.24) is 20.4 Å². The van der Waals surface area contributed by atoms with Gasteiger partial charge in [-0.2, -0.15) is 4.98 Å². The molecule has 186 valence electrons. The van der Waals surface area contributed by atoms with E-state index in [0.29, 0.717) is 18.3 Å². The summed E-state index contributed by atoms with van der Waals surface area (Å²) >= 11 is 0. The molecule has 0 unspecified atom stereocenters. The molecule has 0 saturated heterocycles. The lowest BCUT2D eigenvalue weighted by Gasteiger charge is -2.13. The number of ether oxygens (including phenoxy) is 1. The third kappa shape index (κ3) is 6.27. The average molecular weight is 483 g/mol. The fourth-order valence-electron chi connectivity index (χ4n) is 4.18. The number of nitrogens with one attached hydrogen (secondary N) is 1. The summed E-state index contributed by atoms with van der Waals surface area (Å²) in [5, 5.41) is 7.65. The number of aryl methyl sites for hydroxylation is 1. The van der Waals surface area contributed by atoms with Crippen LogP contribution >= 0.6 is 0 Å². The molecule has 0 radical (unpaired) electrons. The first-order chi connectivity index (χ1) is 17.4. The van der Waals surface area contributed by atoms with Crippen LogP contribution in [-0.4, -0.2) is 49.3 Å². The minimum atomic E-state index is 0.485. The Kier molecular flexibility index (Phi) is 8.31. The predicted molar refractivity (Wildman–Crippen MR) is 145 cm³/mol. The molecule has 0 atom stereocenters. The van der Waals surface area contributed by atoms with Crippen molar-refractivity contribution >= 4 is 0 Å². The molecule has 1 aromatic heterocycles. The highest BCUT2D eigenvalue weighted by Gasteiger charge is 2.15. The van der Waals surface area contributed by atoms with Crippen molar-refractivity contribution in [3.63, 3.8) is 0 Å². The van der Waals surface area contributed by atoms with Gasteiger partial charge in [-0.15, -0.1) is 0 Å². The van der Waals surface area contributed by atoms with E-state index in [0.717, 1.165) is 53.0 Å². The number of nitrogens with zero attached hydrogens (tertiary/aromatic N) is 3. The van der Waals surface area contributed by atoms with E-state index in [2.05, 4.69) is 91.5 Å². The largest absolute Gasteiger partial charge is 0.387 e. The lowest BCUT2D eigenvalue weighted by Crippen LogP contribution is -2.26. The van der Waals surface area contributed by atoms with E-state index in [1.807, 2.05) is 18.2 Å². The second-order valence-electron chi connectivity index (χ2n) is 9.25. The highest BCUT2D eigenvalue weighted by molar-refractivity contribution is 5.74. The molecule has 1 heterocycles. The number of benzene rings is 3. The van der Waals surface area contributed by atoms with E-state index in [4.69, 9.17) is 14.2 Å². The summed E-state index contributed by atoms with van der Waals surface area (Å²) in [6, 6.07) is 22.7. The fourth-order valence-corrected chi connectivity index (χ4v) is 4.18. The summed E-state index contributed by atoms with van der Waals surface area (Å²) in [7, 11) is 5.83. The van der Waals surface area contributed by atoms with Crippen LogP contribution in [-0.2, 0) is 17.8 Å². The quantitative estimate of drug-likeness (QED) is 0.294. The average Bonchev–Trinajstić information content (AvgIpc) is 3.35. The van der Waals surface area contributed by atoms with Gasteiger partial charge in [0.15, 0.2) is 0 Å². The van der Waals surface area contributed by atoms with Crippen LogP contribution in [0, 0.1) is 6.92 Å². The highest BCUT2D eigenvalue weighted by atomic mass is 16.5. The van der Waals surface area contributed by atoms with Crippen LogP contribution in [0.25, 0.3) is 34.0 Å². The number of hydrogen-bond donors (Lipinski definition) is 1. The molecule has 0 aliphatic heterocycles. The van der Waals surface area contributed by atoms with Gasteiger partial charge in [0.25, 0.3) is 5.89 Å². The van der Waals surface area contributed by atoms with Gasteiger partial charge < -0.3 is 19.5 Å². The van der Waals surface area contributed by atoms with Crippen LogP contribution in [0.3, 0.4) is 0 Å². The molecule has 3 aromatic carbocycles. The first kappa shape index (κ1) is 25.4. The minimum absolute atomic E-state index is 0.485. The second-order valence-corrected chi connectivity index (χ2v) is 9.25. The van der Waals surface area contributed by atoms with Gasteiger partial charge >= 0.3 is 0 Å². The Morgan fingerprint density at radius 1 is 1.00 bits per heavy atom. The summed E-state index contributed by atoms with van der Waals surface area (Å²) in [6.07, 6.45) is 0.743. The number of allylic oxidation sites excluding steroid dienone is 1. The SMILES string of the molecule is C=C(Cc1cccc(-c2noc(-c3ccc(-c4ccccc4C)c(COC)c3)n2)c1)NCCN(C)C. The zero-order valence-electron chi connectivity index (χ0n) is 21.5. The maximum Gasteiger partial charge on any atom is 0.258 e. The molecule has 0 aliphatic carbocycles. The molecule has 0 aliphatic rings. The van der Waals surface area contributed by atoms with Crippen LogP contribution in [0.1, 0.15) is 16.7 Å². The maximum atomic E-state index is 5.67. The predicted octanol–water partition coefficient (Wildman–Crippen LogP) is 5.73. The number of aromatic nitrogens is 2. The number of methoxy groups -OCH3 is 1. The first-order valence-corrected chi connectivity index (χ1v) is 12.1. The maximum absolute atomic E-state index is 5.67. The van der Waals surface area contributed by atoms with Crippen molar-refractivity contribution < 1.29 is 9.26 Å². The van der Waals surface area contributed by atoms with E-state index in [1.54, 1.807) is 7.11 Å². The smallest absolute Gasteiger partial charge is 0.258 e. The van der Waals surface area contributed by atoms with Crippen LogP contribution < -0.4 is 5.32 Å². The summed E-state index contributed by atoms with van der Waals surface area (Å²) in [4.78, 5) is 6.84. The van der Waals surface area contributed by atoms with E-state index in [1.165, 1.54) is 11.1 Å². The molecule has 0 fully saturated rings. The van der Waals surface area contributed by atoms with Gasteiger partial charge in [0.1, 0.15) is 0 Å². The van der Waals surface area contributed by atoms with Crippen molar-refractivity contribution in [2.45, 2.75) is 20.0 Å². The third-order valence-electron chi connectivity index (χ3n) is 6.05. The summed E-state index contributed by atoms with van der Waals surface area (Å²) in [5.41, 5.74) is 8.55. The molecule has 6 heteroatoms. The van der Waals surface area contributed by atoms with Crippen LogP contribution in [0.5, 0.6) is 0 Å². The zero-order valence-corrected chi connectivity index (χ0v) is 21.5. The Labute approximate surface area is 213 Å². The summed E-state index contributed by atoms with van der Waals surface area (Å²) in [5.74, 6) is 1.05. The number of likely N-dealkylation sites (N-methyl/N-ethyl adjacent to an activating group) is 1. The lowest BCUT2D eigenvalue weighted by atomic mass is 9.94. The van der Waals surface area contributed by atoms with Gasteiger partial charge in [0.2, 0.25) is 5.82 Å². The Morgan fingerprint density at radius 2 is 1.83 bits per heavy atom. The van der Waals surface area contributed by atoms with Gasteiger partial charge in [-0.1, -0.05) is 60.3 Å². The molecule has 36 heavy (non-hydrogen) atoms. The zero-order chi connectivity index (χ0) is 25.5. The van der Waals surface area contributed by atoms with E-state index >= 15 is 0 Å². The molecule has 0 spiro atoms. The summed E-state index contributed by atoms with van der Waals surface area (Å²) < 4.78 is 11.2. The van der Waals surface area contributed by atoms with Crippen LogP contribution in [0.4, 0.5) is 0 Å². The molecular weight excluding hydrogens is 448 g/mol. The van der Waals surface area contributed by atoms with Crippen molar-refractivity contribution in [3.05, 3.63) is 95.7 Å². The third-order valence-corrected chi connectivity index (χ3v) is 6.05. The number of hydrogen-bond acceptors (Lipinski definition) is 6. The number of rotatable bonds is 11. The lowest BCUT2D eigenvalue weighted by molar-refractivity contribution is 0.185.